The molecule has 4 aromatic rings. The number of ether oxygens (including phenoxy) is 2. The zero-order chi connectivity index (χ0) is 33.1. The minimum Gasteiger partial charge on any atom is -0.496 e. The fourth-order valence-electron chi connectivity index (χ4n) is 5.07. The second kappa shape index (κ2) is 13.8. The molecule has 0 aliphatic carbocycles. The van der Waals surface area contributed by atoms with Gasteiger partial charge in [-0.2, -0.15) is 5.26 Å². The number of hydrogen-bond acceptors (Lipinski definition) is 9. The number of fused-ring (bicyclic) bond motifs is 1. The molecule has 2 aromatic carbocycles. The maximum Gasteiger partial charge on any atom is 0.338 e. The zero-order valence-electron chi connectivity index (χ0n) is 25.1. The summed E-state index contributed by atoms with van der Waals surface area (Å²) in [6.07, 6.45) is -1.10. The van der Waals surface area contributed by atoms with Crippen LogP contribution in [0, 0.1) is 24.1 Å². The SMILES string of the molecule is CCOC(=O)C1=C(C)N=c2s/c(=C\c3ccc(OC)c(CSc4nc(C(F)F)cc(C)c4C#N)c3)c(=O)n2[C@H]1c1ccc(F)cc1. The van der Waals surface area contributed by atoms with Crippen molar-refractivity contribution in [3.8, 4) is 11.8 Å². The molecular formula is C33H27F3N4O4S2. The first kappa shape index (κ1) is 32.7. The summed E-state index contributed by atoms with van der Waals surface area (Å²) in [7, 11) is 1.50. The molecule has 5 rings (SSSR count). The quantitative estimate of drug-likeness (QED) is 0.166. The summed E-state index contributed by atoms with van der Waals surface area (Å²) in [4.78, 5) is 35.9. The molecule has 0 amide bonds. The van der Waals surface area contributed by atoms with Gasteiger partial charge in [0.1, 0.15) is 28.4 Å². The number of halogens is 3. The molecule has 0 bridgehead atoms. The van der Waals surface area contributed by atoms with Crippen molar-refractivity contribution < 1.29 is 27.4 Å². The number of allylic oxidation sites excluding steroid dienone is 1. The lowest BCUT2D eigenvalue weighted by Crippen LogP contribution is -2.39. The molecule has 8 nitrogen and oxygen atoms in total. The van der Waals surface area contributed by atoms with E-state index in [1.807, 2.05) is 6.07 Å². The lowest BCUT2D eigenvalue weighted by Gasteiger charge is -2.24. The monoisotopic (exact) mass is 664 g/mol. The molecule has 3 heterocycles. The third-order valence-electron chi connectivity index (χ3n) is 7.21. The number of esters is 1. The number of methoxy groups -OCH3 is 1. The minimum atomic E-state index is -2.78. The van der Waals surface area contributed by atoms with Crippen LogP contribution >= 0.6 is 23.1 Å². The van der Waals surface area contributed by atoms with E-state index in [-0.39, 0.29) is 28.5 Å². The van der Waals surface area contributed by atoms with Gasteiger partial charge in [0.15, 0.2) is 4.80 Å². The predicted octanol–water partition coefficient (Wildman–Crippen LogP) is 5.75. The van der Waals surface area contributed by atoms with Gasteiger partial charge in [0.05, 0.1) is 41.1 Å². The Labute approximate surface area is 270 Å². The Kier molecular flexibility index (Phi) is 9.79. The van der Waals surface area contributed by atoms with E-state index < -0.39 is 35.5 Å². The van der Waals surface area contributed by atoms with Gasteiger partial charge in [-0.05, 0) is 73.9 Å². The first-order valence-electron chi connectivity index (χ1n) is 14.0. The Morgan fingerprint density at radius 1 is 1.20 bits per heavy atom. The lowest BCUT2D eigenvalue weighted by atomic mass is 9.96. The lowest BCUT2D eigenvalue weighted by molar-refractivity contribution is -0.139. The summed E-state index contributed by atoms with van der Waals surface area (Å²) >= 11 is 2.27. The Bertz CT molecular complexity index is 2080. The number of benzene rings is 2. The van der Waals surface area contributed by atoms with Gasteiger partial charge in [-0.25, -0.2) is 27.9 Å². The molecule has 1 aliphatic rings. The normalized spacial score (nSPS) is 14.6. The second-order valence-electron chi connectivity index (χ2n) is 10.2. The number of nitriles is 1. The van der Waals surface area contributed by atoms with Gasteiger partial charge in [0, 0.05) is 11.3 Å². The van der Waals surface area contributed by atoms with E-state index in [1.54, 1.807) is 45.0 Å². The van der Waals surface area contributed by atoms with Gasteiger partial charge < -0.3 is 9.47 Å². The smallest absolute Gasteiger partial charge is 0.338 e. The molecule has 46 heavy (non-hydrogen) atoms. The van der Waals surface area contributed by atoms with E-state index in [0.717, 1.165) is 23.1 Å². The number of carbonyl (C=O) groups excluding carboxylic acids is 1. The summed E-state index contributed by atoms with van der Waals surface area (Å²) in [6, 6.07) is 13.2. The second-order valence-corrected chi connectivity index (χ2v) is 12.1. The van der Waals surface area contributed by atoms with Crippen molar-refractivity contribution in [2.24, 2.45) is 4.99 Å². The third-order valence-corrected chi connectivity index (χ3v) is 9.22. The first-order chi connectivity index (χ1) is 22.1. The van der Waals surface area contributed by atoms with Crippen LogP contribution in [0.3, 0.4) is 0 Å². The molecule has 2 aromatic heterocycles. The first-order valence-corrected chi connectivity index (χ1v) is 15.8. The average Bonchev–Trinajstić information content (AvgIpc) is 3.33. The van der Waals surface area contributed by atoms with Crippen molar-refractivity contribution in [1.29, 1.82) is 5.26 Å². The summed E-state index contributed by atoms with van der Waals surface area (Å²) in [6.45, 7) is 5.06. The fourth-order valence-corrected chi connectivity index (χ4v) is 7.16. The van der Waals surface area contributed by atoms with Crippen LogP contribution < -0.4 is 19.6 Å². The van der Waals surface area contributed by atoms with Gasteiger partial charge in [0.25, 0.3) is 12.0 Å². The van der Waals surface area contributed by atoms with Crippen LogP contribution in [0.15, 0.2) is 74.6 Å². The summed E-state index contributed by atoms with van der Waals surface area (Å²) < 4.78 is 53.2. The zero-order valence-corrected chi connectivity index (χ0v) is 26.8. The molecule has 0 N–H and O–H groups in total. The van der Waals surface area contributed by atoms with E-state index in [2.05, 4.69) is 9.98 Å². The third kappa shape index (κ3) is 6.49. The fraction of sp³-hybridized carbons (Fsp3) is 0.242. The summed E-state index contributed by atoms with van der Waals surface area (Å²) in [5.41, 5.74) is 2.25. The van der Waals surface area contributed by atoms with Crippen LogP contribution in [0.1, 0.15) is 59.8 Å². The number of pyridine rings is 1. The van der Waals surface area contributed by atoms with Crippen molar-refractivity contribution in [2.45, 2.75) is 44.0 Å². The van der Waals surface area contributed by atoms with Crippen molar-refractivity contribution in [3.05, 3.63) is 119 Å². The van der Waals surface area contributed by atoms with Crippen LogP contribution in [0.2, 0.25) is 0 Å². The highest BCUT2D eigenvalue weighted by molar-refractivity contribution is 7.98. The average molecular weight is 665 g/mol. The van der Waals surface area contributed by atoms with Gasteiger partial charge >= 0.3 is 5.97 Å². The highest BCUT2D eigenvalue weighted by atomic mass is 32.2. The van der Waals surface area contributed by atoms with Gasteiger partial charge in [-0.1, -0.05) is 29.5 Å². The number of aromatic nitrogens is 2. The standard InChI is InChI=1S/C33H27F3N4O4S2/c1-5-44-32(42)27-18(3)38-33-40(28(27)20-7-9-22(34)10-8-20)31(41)26(46-33)14-19-6-11-25(43-4)21(13-19)16-45-30-23(15-37)17(2)12-24(39-30)29(35)36/h6-14,28-29H,5,16H2,1-4H3/b26-14-/t28-/m0/s1. The maximum atomic E-state index is 13.9. The van der Waals surface area contributed by atoms with E-state index in [4.69, 9.17) is 9.47 Å². The molecule has 1 atom stereocenters. The highest BCUT2D eigenvalue weighted by Crippen LogP contribution is 2.33. The van der Waals surface area contributed by atoms with Crippen molar-refractivity contribution in [1.82, 2.24) is 9.55 Å². The Morgan fingerprint density at radius 2 is 1.93 bits per heavy atom. The topological polar surface area (TPSA) is 107 Å². The Morgan fingerprint density at radius 3 is 2.59 bits per heavy atom. The van der Waals surface area contributed by atoms with Gasteiger partial charge in [-0.3, -0.25) is 9.36 Å². The molecule has 13 heteroatoms. The van der Waals surface area contributed by atoms with E-state index in [9.17, 15) is 28.0 Å². The molecule has 0 radical (unpaired) electrons. The molecule has 0 saturated heterocycles. The number of alkyl halides is 2. The van der Waals surface area contributed by atoms with Crippen molar-refractivity contribution in [3.63, 3.8) is 0 Å². The molecular weight excluding hydrogens is 638 g/mol. The van der Waals surface area contributed by atoms with Crippen molar-refractivity contribution >= 4 is 35.1 Å². The molecule has 0 unspecified atom stereocenters. The Hall–Kier alpha value is -4.67. The minimum absolute atomic E-state index is 0.124. The predicted molar refractivity (Wildman–Crippen MR) is 168 cm³/mol. The van der Waals surface area contributed by atoms with Crippen LogP contribution in [0.4, 0.5) is 13.2 Å². The van der Waals surface area contributed by atoms with Crippen LogP contribution in [-0.2, 0) is 15.3 Å². The van der Waals surface area contributed by atoms with E-state index >= 15 is 0 Å². The number of nitrogens with zero attached hydrogens (tertiary/aromatic N) is 4. The van der Waals surface area contributed by atoms with Gasteiger partial charge in [-0.15, -0.1) is 11.8 Å². The number of hydrogen-bond donors (Lipinski definition) is 0. The number of carbonyl (C=O) groups is 1. The molecule has 236 valence electrons. The van der Waals surface area contributed by atoms with Gasteiger partial charge in [0.2, 0.25) is 0 Å². The van der Waals surface area contributed by atoms with E-state index in [1.165, 1.54) is 42.0 Å². The largest absolute Gasteiger partial charge is 0.496 e. The Balaban J connectivity index is 1.56. The van der Waals surface area contributed by atoms with Crippen LogP contribution in [0.5, 0.6) is 5.75 Å². The number of thioether (sulfide) groups is 1. The van der Waals surface area contributed by atoms with Crippen LogP contribution in [0.25, 0.3) is 6.08 Å². The van der Waals surface area contributed by atoms with Crippen LogP contribution in [-0.4, -0.2) is 29.2 Å². The number of rotatable bonds is 9. The number of thiazole rings is 1. The molecule has 0 fully saturated rings. The maximum absolute atomic E-state index is 13.9. The van der Waals surface area contributed by atoms with E-state index in [0.29, 0.717) is 43.0 Å². The van der Waals surface area contributed by atoms with Crippen molar-refractivity contribution in [2.75, 3.05) is 13.7 Å². The number of aryl methyl sites for hydroxylation is 1. The molecule has 1 aliphatic heterocycles. The summed E-state index contributed by atoms with van der Waals surface area (Å²) in [5, 5.41) is 9.81. The molecule has 0 saturated carbocycles. The molecule has 0 spiro atoms. The highest BCUT2D eigenvalue weighted by Gasteiger charge is 2.33. The summed E-state index contributed by atoms with van der Waals surface area (Å²) in [5.74, 6) is -0.308.